The van der Waals surface area contributed by atoms with Gasteiger partial charge in [0.25, 0.3) is 0 Å². The van der Waals surface area contributed by atoms with E-state index in [1.54, 1.807) is 13.8 Å². The van der Waals surface area contributed by atoms with Crippen LogP contribution in [0.5, 0.6) is 0 Å². The summed E-state index contributed by atoms with van der Waals surface area (Å²) in [6, 6.07) is 11.8. The Bertz CT molecular complexity index is 978. The monoisotopic (exact) mass is 421 g/mol. The maximum absolute atomic E-state index is 13.8. The van der Waals surface area contributed by atoms with Gasteiger partial charge in [-0.1, -0.05) is 44.2 Å². The van der Waals surface area contributed by atoms with E-state index in [4.69, 9.17) is 0 Å². The van der Waals surface area contributed by atoms with Gasteiger partial charge in [-0.2, -0.15) is 0 Å². The number of amides is 2. The molecule has 0 saturated carbocycles. The zero-order chi connectivity index (χ0) is 21.6. The standard InChI is InChI=1S/C20H24FN3O4S/c1-13(2)19(23-18(25)11-14-7-5-4-6-8-14)20(26)22-15-9-10-16(21)17(12-15)24-29(3,27)28/h4-10,12-13,19,24H,11H2,1-3H3,(H,22,26)(H,23,25). The van der Waals surface area contributed by atoms with Crippen LogP contribution < -0.4 is 15.4 Å². The SMILES string of the molecule is CC(C)C(NC(=O)Cc1ccccc1)C(=O)Nc1ccc(F)c(NS(C)(=O)=O)c1. The number of benzene rings is 2. The summed E-state index contributed by atoms with van der Waals surface area (Å²) in [5.41, 5.74) is 0.743. The summed E-state index contributed by atoms with van der Waals surface area (Å²) in [5.74, 6) is -1.77. The molecule has 9 heteroatoms. The van der Waals surface area contributed by atoms with Crippen molar-refractivity contribution in [2.24, 2.45) is 5.92 Å². The number of carbonyl (C=O) groups is 2. The van der Waals surface area contributed by atoms with Crippen molar-refractivity contribution in [2.45, 2.75) is 26.3 Å². The van der Waals surface area contributed by atoms with E-state index in [9.17, 15) is 22.4 Å². The summed E-state index contributed by atoms with van der Waals surface area (Å²) < 4.78 is 38.5. The van der Waals surface area contributed by atoms with Crippen LogP contribution in [-0.4, -0.2) is 32.5 Å². The maximum Gasteiger partial charge on any atom is 0.247 e. The highest BCUT2D eigenvalue weighted by molar-refractivity contribution is 7.92. The van der Waals surface area contributed by atoms with Gasteiger partial charge in [0.2, 0.25) is 21.8 Å². The Morgan fingerprint density at radius 2 is 1.72 bits per heavy atom. The lowest BCUT2D eigenvalue weighted by Crippen LogP contribution is -2.47. The number of nitrogens with one attached hydrogen (secondary N) is 3. The van der Waals surface area contributed by atoms with E-state index in [0.29, 0.717) is 0 Å². The van der Waals surface area contributed by atoms with Gasteiger partial charge in [-0.3, -0.25) is 14.3 Å². The lowest BCUT2D eigenvalue weighted by atomic mass is 10.0. The molecule has 0 aromatic heterocycles. The van der Waals surface area contributed by atoms with E-state index in [-0.39, 0.29) is 29.6 Å². The van der Waals surface area contributed by atoms with Crippen LogP contribution in [0.25, 0.3) is 0 Å². The third-order valence-electron chi connectivity index (χ3n) is 4.00. The number of anilines is 2. The molecule has 2 amide bonds. The van der Waals surface area contributed by atoms with Crippen LogP contribution in [0.4, 0.5) is 15.8 Å². The van der Waals surface area contributed by atoms with Crippen molar-refractivity contribution in [1.82, 2.24) is 5.32 Å². The summed E-state index contributed by atoms with van der Waals surface area (Å²) in [6.45, 7) is 3.57. The van der Waals surface area contributed by atoms with Crippen LogP contribution >= 0.6 is 0 Å². The van der Waals surface area contributed by atoms with Crippen LogP contribution in [0.15, 0.2) is 48.5 Å². The van der Waals surface area contributed by atoms with Gasteiger partial charge in [-0.15, -0.1) is 0 Å². The Balaban J connectivity index is 2.09. The van der Waals surface area contributed by atoms with Gasteiger partial charge in [0, 0.05) is 5.69 Å². The zero-order valence-electron chi connectivity index (χ0n) is 16.4. The van der Waals surface area contributed by atoms with Gasteiger partial charge in [-0.05, 0) is 29.7 Å². The van der Waals surface area contributed by atoms with E-state index in [2.05, 4.69) is 15.4 Å². The van der Waals surface area contributed by atoms with Crippen LogP contribution in [0.3, 0.4) is 0 Å². The molecular weight excluding hydrogens is 397 g/mol. The second-order valence-electron chi connectivity index (χ2n) is 7.01. The molecule has 2 aromatic carbocycles. The van der Waals surface area contributed by atoms with Crippen LogP contribution in [-0.2, 0) is 26.0 Å². The molecule has 0 bridgehead atoms. The Morgan fingerprint density at radius 1 is 1.07 bits per heavy atom. The summed E-state index contributed by atoms with van der Waals surface area (Å²) in [6.07, 6.45) is 1.03. The van der Waals surface area contributed by atoms with E-state index in [0.717, 1.165) is 17.9 Å². The minimum atomic E-state index is -3.68. The fraction of sp³-hybridized carbons (Fsp3) is 0.300. The molecule has 2 rings (SSSR count). The minimum Gasteiger partial charge on any atom is -0.344 e. The molecular formula is C20H24FN3O4S. The molecule has 156 valence electrons. The molecule has 1 unspecified atom stereocenters. The Kier molecular flexibility index (Phi) is 7.33. The molecule has 2 aromatic rings. The highest BCUT2D eigenvalue weighted by atomic mass is 32.2. The number of rotatable bonds is 8. The molecule has 0 saturated heterocycles. The predicted molar refractivity (Wildman–Crippen MR) is 110 cm³/mol. The van der Waals surface area contributed by atoms with Crippen molar-refractivity contribution in [3.63, 3.8) is 0 Å². The molecule has 3 N–H and O–H groups in total. The average Bonchev–Trinajstić information content (AvgIpc) is 2.62. The summed E-state index contributed by atoms with van der Waals surface area (Å²) in [7, 11) is -3.68. The van der Waals surface area contributed by atoms with Gasteiger partial charge in [0.1, 0.15) is 11.9 Å². The van der Waals surface area contributed by atoms with Gasteiger partial charge >= 0.3 is 0 Å². The molecule has 0 aliphatic carbocycles. The Labute approximate surface area is 169 Å². The molecule has 0 fully saturated rings. The molecule has 0 aliphatic rings. The van der Waals surface area contributed by atoms with E-state index in [1.165, 1.54) is 12.1 Å². The first-order valence-corrected chi connectivity index (χ1v) is 10.9. The van der Waals surface area contributed by atoms with Gasteiger partial charge < -0.3 is 10.6 Å². The van der Waals surface area contributed by atoms with Gasteiger partial charge in [0.15, 0.2) is 0 Å². The molecule has 29 heavy (non-hydrogen) atoms. The van der Waals surface area contributed by atoms with Crippen LogP contribution in [0.2, 0.25) is 0 Å². The van der Waals surface area contributed by atoms with Crippen molar-refractivity contribution >= 4 is 33.2 Å². The smallest absolute Gasteiger partial charge is 0.247 e. The second-order valence-corrected chi connectivity index (χ2v) is 8.76. The van der Waals surface area contributed by atoms with Crippen LogP contribution in [0.1, 0.15) is 19.4 Å². The second kappa shape index (κ2) is 9.51. The van der Waals surface area contributed by atoms with Crippen molar-refractivity contribution in [2.75, 3.05) is 16.3 Å². The van der Waals surface area contributed by atoms with E-state index < -0.39 is 27.8 Å². The van der Waals surface area contributed by atoms with Gasteiger partial charge in [0.05, 0.1) is 18.4 Å². The topological polar surface area (TPSA) is 104 Å². The van der Waals surface area contributed by atoms with Gasteiger partial charge in [-0.25, -0.2) is 12.8 Å². The third-order valence-corrected chi connectivity index (χ3v) is 4.59. The lowest BCUT2D eigenvalue weighted by molar-refractivity contribution is -0.127. The van der Waals surface area contributed by atoms with Crippen molar-refractivity contribution in [1.29, 1.82) is 0 Å². The fourth-order valence-corrected chi connectivity index (χ4v) is 3.20. The molecule has 0 spiro atoms. The van der Waals surface area contributed by atoms with Crippen molar-refractivity contribution in [3.8, 4) is 0 Å². The quantitative estimate of drug-likeness (QED) is 0.609. The largest absolute Gasteiger partial charge is 0.344 e. The highest BCUT2D eigenvalue weighted by Gasteiger charge is 2.24. The summed E-state index contributed by atoms with van der Waals surface area (Å²) in [4.78, 5) is 25.0. The molecule has 1 atom stereocenters. The number of hydrogen-bond acceptors (Lipinski definition) is 4. The third kappa shape index (κ3) is 7.19. The van der Waals surface area contributed by atoms with E-state index >= 15 is 0 Å². The van der Waals surface area contributed by atoms with Crippen LogP contribution in [0, 0.1) is 11.7 Å². The fourth-order valence-electron chi connectivity index (χ4n) is 2.64. The zero-order valence-corrected chi connectivity index (χ0v) is 17.2. The first-order chi connectivity index (χ1) is 13.5. The van der Waals surface area contributed by atoms with E-state index in [1.807, 2.05) is 30.3 Å². The number of carbonyl (C=O) groups excluding carboxylic acids is 2. The maximum atomic E-state index is 13.8. The van der Waals surface area contributed by atoms with Crippen molar-refractivity contribution < 1.29 is 22.4 Å². The normalized spacial score (nSPS) is 12.3. The minimum absolute atomic E-state index is 0.135. The molecule has 7 nitrogen and oxygen atoms in total. The number of hydrogen-bond donors (Lipinski definition) is 3. The Morgan fingerprint density at radius 3 is 2.31 bits per heavy atom. The average molecular weight is 421 g/mol. The molecule has 0 heterocycles. The first kappa shape index (κ1) is 22.4. The number of halogens is 1. The molecule has 0 aliphatic heterocycles. The number of sulfonamides is 1. The summed E-state index contributed by atoms with van der Waals surface area (Å²) in [5, 5.41) is 5.30. The van der Waals surface area contributed by atoms with Crippen molar-refractivity contribution in [3.05, 3.63) is 59.9 Å². The predicted octanol–water partition coefficient (Wildman–Crippen LogP) is 2.52. The highest BCUT2D eigenvalue weighted by Crippen LogP contribution is 2.21. The summed E-state index contributed by atoms with van der Waals surface area (Å²) >= 11 is 0. The molecule has 0 radical (unpaired) electrons. The lowest BCUT2D eigenvalue weighted by Gasteiger charge is -2.22. The Hall–Kier alpha value is -2.94. The first-order valence-electron chi connectivity index (χ1n) is 8.96.